The molecule has 0 aromatic rings. The van der Waals surface area contributed by atoms with Gasteiger partial charge in [-0.2, -0.15) is 10.2 Å². The highest BCUT2D eigenvalue weighted by Crippen LogP contribution is 2.49. The lowest BCUT2D eigenvalue weighted by Gasteiger charge is -2.47. The smallest absolute Gasteiger partial charge is 0.226 e. The fourth-order valence-electron chi connectivity index (χ4n) is 3.92. The van der Waals surface area contributed by atoms with Gasteiger partial charge in [-0.05, 0) is 44.7 Å². The van der Waals surface area contributed by atoms with Gasteiger partial charge in [0.2, 0.25) is 5.91 Å². The number of hydrogen-bond acceptors (Lipinski definition) is 4. The lowest BCUT2D eigenvalue weighted by Crippen LogP contribution is -2.54. The van der Waals surface area contributed by atoms with Gasteiger partial charge >= 0.3 is 0 Å². The van der Waals surface area contributed by atoms with Crippen LogP contribution in [0.2, 0.25) is 0 Å². The van der Waals surface area contributed by atoms with Crippen LogP contribution in [0.1, 0.15) is 51.4 Å². The molecule has 2 fully saturated rings. The first-order valence-electron chi connectivity index (χ1n) is 8.57. The first kappa shape index (κ1) is 15.5. The number of carbonyl (C=O) groups excluding carboxylic acids is 1. The zero-order valence-electron chi connectivity index (χ0n) is 13.2. The summed E-state index contributed by atoms with van der Waals surface area (Å²) in [6.07, 6.45) is 13.2. The summed E-state index contributed by atoms with van der Waals surface area (Å²) >= 11 is 0. The molecule has 2 N–H and O–H groups in total. The predicted octanol–water partition coefficient (Wildman–Crippen LogP) is 2.24. The Kier molecular flexibility index (Phi) is 4.49. The normalized spacial score (nSPS) is 27.5. The molecular formula is C17H26N4O. The molecule has 0 radical (unpaired) electrons. The van der Waals surface area contributed by atoms with Crippen molar-refractivity contribution in [3.8, 4) is 12.3 Å². The van der Waals surface area contributed by atoms with Crippen molar-refractivity contribution < 1.29 is 4.79 Å². The second-order valence-electron chi connectivity index (χ2n) is 6.95. The van der Waals surface area contributed by atoms with E-state index in [4.69, 9.17) is 6.42 Å². The highest BCUT2D eigenvalue weighted by molar-refractivity contribution is 5.84. The van der Waals surface area contributed by atoms with E-state index in [1.165, 1.54) is 19.3 Å². The zero-order valence-corrected chi connectivity index (χ0v) is 13.2. The largest absolute Gasteiger partial charge is 0.355 e. The summed E-state index contributed by atoms with van der Waals surface area (Å²) in [7, 11) is 0. The van der Waals surface area contributed by atoms with Crippen LogP contribution < -0.4 is 10.6 Å². The van der Waals surface area contributed by atoms with Gasteiger partial charge in [-0.15, -0.1) is 12.3 Å². The lowest BCUT2D eigenvalue weighted by atomic mass is 9.58. The number of hydrogen-bond donors (Lipinski definition) is 2. The van der Waals surface area contributed by atoms with Crippen molar-refractivity contribution in [2.45, 2.75) is 57.0 Å². The van der Waals surface area contributed by atoms with E-state index >= 15 is 0 Å². The molecule has 5 heteroatoms. The highest BCUT2D eigenvalue weighted by atomic mass is 16.2. The fourth-order valence-corrected chi connectivity index (χ4v) is 3.92. The number of rotatable bonds is 7. The number of nitrogens with one attached hydrogen (secondary N) is 2. The summed E-state index contributed by atoms with van der Waals surface area (Å²) in [5, 5.41) is 14.9. The Balaban J connectivity index is 1.47. The number of terminal acetylenes is 1. The maximum absolute atomic E-state index is 12.7. The summed E-state index contributed by atoms with van der Waals surface area (Å²) in [5.41, 5.74) is -0.407. The summed E-state index contributed by atoms with van der Waals surface area (Å²) in [6, 6.07) is 0. The first-order valence-corrected chi connectivity index (χ1v) is 8.57. The Morgan fingerprint density at radius 1 is 1.32 bits per heavy atom. The summed E-state index contributed by atoms with van der Waals surface area (Å²) < 4.78 is 0. The Hall–Kier alpha value is -1.41. The van der Waals surface area contributed by atoms with Gasteiger partial charge in [-0.1, -0.05) is 6.42 Å². The maximum Gasteiger partial charge on any atom is 0.226 e. The summed E-state index contributed by atoms with van der Waals surface area (Å²) in [6.45, 7) is 2.73. The number of piperidine rings is 1. The van der Waals surface area contributed by atoms with Crippen molar-refractivity contribution in [3.05, 3.63) is 0 Å². The van der Waals surface area contributed by atoms with Crippen LogP contribution in [0.3, 0.4) is 0 Å². The topological polar surface area (TPSA) is 65.8 Å². The first-order chi connectivity index (χ1) is 10.7. The number of carbonyl (C=O) groups is 1. The molecule has 0 spiro atoms. The van der Waals surface area contributed by atoms with Crippen molar-refractivity contribution in [2.24, 2.45) is 21.6 Å². The van der Waals surface area contributed by atoms with E-state index in [1.807, 2.05) is 0 Å². The van der Waals surface area contributed by atoms with Gasteiger partial charge in [0.1, 0.15) is 0 Å². The van der Waals surface area contributed by atoms with E-state index in [1.54, 1.807) is 0 Å². The molecule has 1 unspecified atom stereocenters. The van der Waals surface area contributed by atoms with Crippen molar-refractivity contribution >= 4 is 5.91 Å². The van der Waals surface area contributed by atoms with Crippen LogP contribution in [-0.2, 0) is 4.79 Å². The minimum atomic E-state index is -0.293. The predicted molar refractivity (Wildman–Crippen MR) is 85.2 cm³/mol. The molecule has 3 aliphatic rings. The molecular weight excluding hydrogens is 276 g/mol. The molecule has 3 rings (SSSR count). The van der Waals surface area contributed by atoms with Crippen LogP contribution in [0.15, 0.2) is 10.2 Å². The molecule has 2 heterocycles. The van der Waals surface area contributed by atoms with Gasteiger partial charge in [0.05, 0.1) is 5.41 Å². The van der Waals surface area contributed by atoms with Crippen LogP contribution in [0.4, 0.5) is 0 Å². The average molecular weight is 302 g/mol. The van der Waals surface area contributed by atoms with Crippen molar-refractivity contribution in [2.75, 3.05) is 19.6 Å². The molecule has 1 saturated carbocycles. The molecule has 1 saturated heterocycles. The molecule has 1 atom stereocenters. The second kappa shape index (κ2) is 6.37. The van der Waals surface area contributed by atoms with Crippen molar-refractivity contribution in [1.82, 2.24) is 10.6 Å². The molecule has 0 aromatic heterocycles. The van der Waals surface area contributed by atoms with Gasteiger partial charge in [-0.25, -0.2) is 0 Å². The van der Waals surface area contributed by atoms with Crippen LogP contribution in [-0.4, -0.2) is 31.2 Å². The van der Waals surface area contributed by atoms with Gasteiger partial charge in [0.15, 0.2) is 5.66 Å². The van der Waals surface area contributed by atoms with Gasteiger partial charge < -0.3 is 10.6 Å². The van der Waals surface area contributed by atoms with E-state index < -0.39 is 0 Å². The van der Waals surface area contributed by atoms with Crippen LogP contribution >= 0.6 is 0 Å². The van der Waals surface area contributed by atoms with E-state index in [0.717, 1.165) is 38.8 Å². The second-order valence-corrected chi connectivity index (χ2v) is 6.95. The number of amides is 1. The van der Waals surface area contributed by atoms with E-state index in [0.29, 0.717) is 18.9 Å². The third-order valence-corrected chi connectivity index (χ3v) is 5.64. The van der Waals surface area contributed by atoms with Crippen molar-refractivity contribution in [1.29, 1.82) is 0 Å². The minimum Gasteiger partial charge on any atom is -0.355 e. The summed E-state index contributed by atoms with van der Waals surface area (Å²) in [4.78, 5) is 12.7. The van der Waals surface area contributed by atoms with Crippen LogP contribution in [0.25, 0.3) is 0 Å². The Bertz CT molecular complexity index is 477. The molecule has 1 aliphatic carbocycles. The number of nitrogens with zero attached hydrogens (tertiary/aromatic N) is 2. The maximum atomic E-state index is 12.7. The van der Waals surface area contributed by atoms with E-state index in [2.05, 4.69) is 26.8 Å². The Labute approximate surface area is 132 Å². The average Bonchev–Trinajstić information content (AvgIpc) is 3.25. The molecule has 120 valence electrons. The Morgan fingerprint density at radius 2 is 2.14 bits per heavy atom. The highest BCUT2D eigenvalue weighted by Gasteiger charge is 2.50. The molecule has 5 nitrogen and oxygen atoms in total. The van der Waals surface area contributed by atoms with Crippen LogP contribution in [0, 0.1) is 23.7 Å². The third kappa shape index (κ3) is 3.03. The molecule has 0 aromatic carbocycles. The quantitative estimate of drug-likeness (QED) is 0.708. The van der Waals surface area contributed by atoms with E-state index in [9.17, 15) is 4.79 Å². The lowest BCUT2D eigenvalue weighted by molar-refractivity contribution is -0.141. The van der Waals surface area contributed by atoms with Gasteiger partial charge in [0.25, 0.3) is 0 Å². The molecule has 1 amide bonds. The fraction of sp³-hybridized carbons (Fsp3) is 0.824. The zero-order chi connectivity index (χ0) is 15.5. The van der Waals surface area contributed by atoms with Gasteiger partial charge in [-0.3, -0.25) is 4.79 Å². The van der Waals surface area contributed by atoms with Crippen LogP contribution in [0.5, 0.6) is 0 Å². The molecule has 22 heavy (non-hydrogen) atoms. The SMILES string of the molecule is C#CCCC1(CCNC(=O)C2(C3CCCNC3)CCC2)N=N1. The Morgan fingerprint density at radius 3 is 2.68 bits per heavy atom. The summed E-state index contributed by atoms with van der Waals surface area (Å²) in [5.74, 6) is 3.39. The standard InChI is InChI=1S/C17H26N4O/c1-2-3-9-17(20-21-17)10-12-19-15(22)16(7-5-8-16)14-6-4-11-18-13-14/h1,14,18H,3-13H2,(H,19,22). The van der Waals surface area contributed by atoms with Crippen molar-refractivity contribution in [3.63, 3.8) is 0 Å². The molecule has 2 aliphatic heterocycles. The van der Waals surface area contributed by atoms with Gasteiger partial charge in [0, 0.05) is 25.8 Å². The molecule has 0 bridgehead atoms. The third-order valence-electron chi connectivity index (χ3n) is 5.64. The minimum absolute atomic E-state index is 0.114. The monoisotopic (exact) mass is 302 g/mol. The van der Waals surface area contributed by atoms with E-state index in [-0.39, 0.29) is 17.0 Å².